The lowest BCUT2D eigenvalue weighted by atomic mass is 10.2. The van der Waals surface area contributed by atoms with Gasteiger partial charge in [0.2, 0.25) is 10.0 Å². The molecule has 10 nitrogen and oxygen atoms in total. The Morgan fingerprint density at radius 1 is 1.06 bits per heavy atom. The average Bonchev–Trinajstić information content (AvgIpc) is 3.30. The van der Waals surface area contributed by atoms with Crippen LogP contribution in [0.1, 0.15) is 23.9 Å². The monoisotopic (exact) mass is 498 g/mol. The van der Waals surface area contributed by atoms with Crippen LogP contribution in [-0.2, 0) is 19.9 Å². The number of ether oxygens (including phenoxy) is 2. The van der Waals surface area contributed by atoms with Crippen molar-refractivity contribution < 1.29 is 26.3 Å². The number of piperazine rings is 1. The van der Waals surface area contributed by atoms with Crippen molar-refractivity contribution in [3.05, 3.63) is 29.6 Å². The number of hydrogen-bond acceptors (Lipinski definition) is 8. The summed E-state index contributed by atoms with van der Waals surface area (Å²) in [4.78, 5) is 2.22. The average molecular weight is 499 g/mol. The Bertz CT molecular complexity index is 1250. The van der Waals surface area contributed by atoms with Crippen molar-refractivity contribution in [2.75, 3.05) is 56.8 Å². The van der Waals surface area contributed by atoms with Crippen LogP contribution < -0.4 is 14.4 Å². The SMILES string of the molecule is COc1ccc(OC)c(S(=O)(=O)N2CCN(c3c(C)nn(C4CCS(=O)(=O)C4)c3C)CC2)c1. The van der Waals surface area contributed by atoms with Gasteiger partial charge in [0.25, 0.3) is 0 Å². The molecule has 1 aromatic heterocycles. The summed E-state index contributed by atoms with van der Waals surface area (Å²) >= 11 is 0. The Balaban J connectivity index is 1.53. The minimum atomic E-state index is -3.77. The van der Waals surface area contributed by atoms with Crippen molar-refractivity contribution in [2.45, 2.75) is 31.2 Å². The summed E-state index contributed by atoms with van der Waals surface area (Å²) in [5.74, 6) is 1.02. The lowest BCUT2D eigenvalue weighted by Gasteiger charge is -2.35. The highest BCUT2D eigenvalue weighted by molar-refractivity contribution is 7.91. The highest BCUT2D eigenvalue weighted by atomic mass is 32.2. The normalized spacial score (nSPS) is 21.3. The Kier molecular flexibility index (Phi) is 6.36. The lowest BCUT2D eigenvalue weighted by Crippen LogP contribution is -2.49. The predicted molar refractivity (Wildman–Crippen MR) is 125 cm³/mol. The number of aryl methyl sites for hydroxylation is 1. The zero-order chi connectivity index (χ0) is 24.0. The van der Waals surface area contributed by atoms with Crippen molar-refractivity contribution in [3.63, 3.8) is 0 Å². The Labute approximate surface area is 195 Å². The van der Waals surface area contributed by atoms with Crippen LogP contribution in [0.15, 0.2) is 23.1 Å². The van der Waals surface area contributed by atoms with Gasteiger partial charge >= 0.3 is 0 Å². The molecule has 12 heteroatoms. The summed E-state index contributed by atoms with van der Waals surface area (Å²) < 4.78 is 64.3. The number of methoxy groups -OCH3 is 2. The molecule has 0 aliphatic carbocycles. The van der Waals surface area contributed by atoms with E-state index < -0.39 is 19.9 Å². The molecular formula is C21H30N4O6S2. The Hall–Kier alpha value is -2.31. The van der Waals surface area contributed by atoms with Crippen LogP contribution in [0, 0.1) is 13.8 Å². The standard InChI is InChI=1S/C21H30N4O6S2/c1-15-21(16(2)25(22-15)17-7-12-32(26,27)14-17)23-8-10-24(11-9-23)33(28,29)20-13-18(30-3)5-6-19(20)31-4/h5-6,13,17H,7-12,14H2,1-4H3. The van der Waals surface area contributed by atoms with Gasteiger partial charge in [0.1, 0.15) is 16.4 Å². The largest absolute Gasteiger partial charge is 0.497 e. The summed E-state index contributed by atoms with van der Waals surface area (Å²) in [5, 5.41) is 4.64. The molecule has 1 aromatic carbocycles. The first-order valence-corrected chi connectivity index (χ1v) is 14.1. The minimum absolute atomic E-state index is 0.0837. The van der Waals surface area contributed by atoms with Gasteiger partial charge in [0, 0.05) is 32.2 Å². The fourth-order valence-corrected chi connectivity index (χ4v) is 8.00. The van der Waals surface area contributed by atoms with Crippen molar-refractivity contribution >= 4 is 25.5 Å². The van der Waals surface area contributed by atoms with E-state index in [2.05, 4.69) is 10.00 Å². The number of benzene rings is 1. The maximum Gasteiger partial charge on any atom is 0.247 e. The van der Waals surface area contributed by atoms with Gasteiger partial charge in [-0.3, -0.25) is 4.68 Å². The smallest absolute Gasteiger partial charge is 0.247 e. The van der Waals surface area contributed by atoms with Gasteiger partial charge in [-0.25, -0.2) is 16.8 Å². The van der Waals surface area contributed by atoms with Crippen LogP contribution in [-0.4, -0.2) is 82.8 Å². The topological polar surface area (TPSA) is 111 Å². The number of hydrogen-bond donors (Lipinski definition) is 0. The zero-order valence-electron chi connectivity index (χ0n) is 19.3. The maximum atomic E-state index is 13.3. The van der Waals surface area contributed by atoms with E-state index in [-0.39, 0.29) is 28.2 Å². The molecule has 2 saturated heterocycles. The molecule has 2 aromatic rings. The highest BCUT2D eigenvalue weighted by Crippen LogP contribution is 2.34. The van der Waals surface area contributed by atoms with E-state index in [0.717, 1.165) is 17.1 Å². The second kappa shape index (κ2) is 8.80. The summed E-state index contributed by atoms with van der Waals surface area (Å²) in [6.45, 7) is 5.48. The zero-order valence-corrected chi connectivity index (χ0v) is 20.9. The molecule has 4 rings (SSSR count). The third kappa shape index (κ3) is 4.43. The minimum Gasteiger partial charge on any atom is -0.497 e. The van der Waals surface area contributed by atoms with Gasteiger partial charge in [0.15, 0.2) is 9.84 Å². The van der Waals surface area contributed by atoms with E-state index in [4.69, 9.17) is 9.47 Å². The van der Waals surface area contributed by atoms with Crippen LogP contribution in [0.25, 0.3) is 0 Å². The van der Waals surface area contributed by atoms with Gasteiger partial charge in [0.05, 0.1) is 48.8 Å². The Morgan fingerprint density at radius 3 is 2.33 bits per heavy atom. The molecule has 1 atom stereocenters. The van der Waals surface area contributed by atoms with Crippen LogP contribution in [0.5, 0.6) is 11.5 Å². The molecule has 3 heterocycles. The van der Waals surface area contributed by atoms with E-state index in [1.165, 1.54) is 24.6 Å². The number of anilines is 1. The molecule has 0 bridgehead atoms. The van der Waals surface area contributed by atoms with Gasteiger partial charge in [-0.15, -0.1) is 0 Å². The second-order valence-corrected chi connectivity index (χ2v) is 12.6. The van der Waals surface area contributed by atoms with E-state index >= 15 is 0 Å². The van der Waals surface area contributed by atoms with Gasteiger partial charge < -0.3 is 14.4 Å². The molecule has 0 saturated carbocycles. The molecule has 33 heavy (non-hydrogen) atoms. The third-order valence-electron chi connectivity index (χ3n) is 6.38. The molecule has 0 spiro atoms. The summed E-state index contributed by atoms with van der Waals surface area (Å²) in [6.07, 6.45) is 0.568. The van der Waals surface area contributed by atoms with Crippen molar-refractivity contribution in [3.8, 4) is 11.5 Å². The van der Waals surface area contributed by atoms with Gasteiger partial charge in [-0.1, -0.05) is 0 Å². The van der Waals surface area contributed by atoms with Crippen molar-refractivity contribution in [2.24, 2.45) is 0 Å². The fraction of sp³-hybridized carbons (Fsp3) is 0.571. The molecule has 0 radical (unpaired) electrons. The number of nitrogens with zero attached hydrogens (tertiary/aromatic N) is 4. The second-order valence-electron chi connectivity index (χ2n) is 8.43. The summed E-state index contributed by atoms with van der Waals surface area (Å²) in [5.41, 5.74) is 2.69. The first-order valence-electron chi connectivity index (χ1n) is 10.8. The van der Waals surface area contributed by atoms with Gasteiger partial charge in [-0.05, 0) is 32.4 Å². The lowest BCUT2D eigenvalue weighted by molar-refractivity contribution is 0.370. The van der Waals surface area contributed by atoms with Gasteiger partial charge in [-0.2, -0.15) is 9.40 Å². The summed E-state index contributed by atoms with van der Waals surface area (Å²) in [6, 6.07) is 4.58. The van der Waals surface area contributed by atoms with E-state index in [1.807, 2.05) is 18.5 Å². The Morgan fingerprint density at radius 2 is 1.76 bits per heavy atom. The fourth-order valence-electron chi connectivity index (χ4n) is 4.71. The first kappa shape index (κ1) is 23.8. The molecule has 2 aliphatic rings. The number of sulfonamides is 1. The molecule has 1 unspecified atom stereocenters. The first-order chi connectivity index (χ1) is 15.6. The molecule has 2 fully saturated rings. The summed E-state index contributed by atoms with van der Waals surface area (Å²) in [7, 11) is -3.86. The van der Waals surface area contributed by atoms with Crippen LogP contribution in [0.4, 0.5) is 5.69 Å². The molecule has 182 valence electrons. The molecule has 2 aliphatic heterocycles. The molecular weight excluding hydrogens is 468 g/mol. The third-order valence-corrected chi connectivity index (χ3v) is 10.1. The molecule has 0 amide bonds. The maximum absolute atomic E-state index is 13.3. The highest BCUT2D eigenvalue weighted by Gasteiger charge is 2.35. The van der Waals surface area contributed by atoms with E-state index in [1.54, 1.807) is 12.1 Å². The van der Waals surface area contributed by atoms with E-state index in [9.17, 15) is 16.8 Å². The van der Waals surface area contributed by atoms with Crippen LogP contribution in [0.2, 0.25) is 0 Å². The molecule has 0 N–H and O–H groups in total. The number of aromatic nitrogens is 2. The van der Waals surface area contributed by atoms with Crippen LogP contribution >= 0.6 is 0 Å². The quantitative estimate of drug-likeness (QED) is 0.588. The van der Waals surface area contributed by atoms with Crippen molar-refractivity contribution in [1.82, 2.24) is 14.1 Å². The van der Waals surface area contributed by atoms with Crippen LogP contribution in [0.3, 0.4) is 0 Å². The number of rotatable bonds is 6. The number of sulfone groups is 1. The predicted octanol–water partition coefficient (Wildman–Crippen LogP) is 1.39. The van der Waals surface area contributed by atoms with E-state index in [0.29, 0.717) is 38.3 Å². The van der Waals surface area contributed by atoms with Crippen molar-refractivity contribution in [1.29, 1.82) is 0 Å².